The highest BCUT2D eigenvalue weighted by atomic mass is 32.2. The normalized spacial score (nSPS) is 20.6. The highest BCUT2D eigenvalue weighted by molar-refractivity contribution is 8.00. The minimum absolute atomic E-state index is 0.128. The standard InChI is InChI=1S/C14H22N2O2S2/c1-11-4-5-13(12(15)10-11)20(17,18)16-7-6-14(2,3)19-9-8-16/h4-5,10H,6-9,15H2,1-3H3. The summed E-state index contributed by atoms with van der Waals surface area (Å²) in [6.07, 6.45) is 0.850. The number of aryl methyl sites for hydroxylation is 1. The Kier molecular flexibility index (Phi) is 4.37. The summed E-state index contributed by atoms with van der Waals surface area (Å²) < 4.78 is 27.1. The fourth-order valence-electron chi connectivity index (χ4n) is 2.28. The van der Waals surface area contributed by atoms with Crippen LogP contribution in [0.3, 0.4) is 0 Å². The van der Waals surface area contributed by atoms with Crippen LogP contribution in [0.2, 0.25) is 0 Å². The van der Waals surface area contributed by atoms with Gasteiger partial charge in [-0.3, -0.25) is 0 Å². The largest absolute Gasteiger partial charge is 0.398 e. The molecular formula is C14H22N2O2S2. The summed E-state index contributed by atoms with van der Waals surface area (Å²) in [7, 11) is -3.49. The van der Waals surface area contributed by atoms with Gasteiger partial charge >= 0.3 is 0 Å². The van der Waals surface area contributed by atoms with E-state index in [4.69, 9.17) is 5.73 Å². The van der Waals surface area contributed by atoms with Crippen LogP contribution >= 0.6 is 11.8 Å². The van der Waals surface area contributed by atoms with Crippen molar-refractivity contribution in [1.29, 1.82) is 0 Å². The van der Waals surface area contributed by atoms with Gasteiger partial charge in [-0.15, -0.1) is 0 Å². The number of sulfonamides is 1. The molecule has 1 aromatic rings. The lowest BCUT2D eigenvalue weighted by atomic mass is 10.1. The predicted octanol–water partition coefficient (Wildman–Crippen LogP) is 2.48. The van der Waals surface area contributed by atoms with Crippen LogP contribution in [0.5, 0.6) is 0 Å². The summed E-state index contributed by atoms with van der Waals surface area (Å²) in [5.41, 5.74) is 7.20. The monoisotopic (exact) mass is 314 g/mol. The molecule has 0 unspecified atom stereocenters. The van der Waals surface area contributed by atoms with E-state index in [1.165, 1.54) is 0 Å². The zero-order chi connectivity index (χ0) is 15.0. The van der Waals surface area contributed by atoms with Gasteiger partial charge in [-0.05, 0) is 31.0 Å². The topological polar surface area (TPSA) is 63.4 Å². The molecule has 0 spiro atoms. The summed E-state index contributed by atoms with van der Waals surface area (Å²) in [5.74, 6) is 0.817. The molecule has 1 heterocycles. The van der Waals surface area contributed by atoms with Crippen LogP contribution in [-0.2, 0) is 10.0 Å². The van der Waals surface area contributed by atoms with Gasteiger partial charge in [0.05, 0.1) is 5.69 Å². The fourth-order valence-corrected chi connectivity index (χ4v) is 5.04. The average molecular weight is 314 g/mol. The van der Waals surface area contributed by atoms with Crippen LogP contribution in [-0.4, -0.2) is 36.3 Å². The molecular weight excluding hydrogens is 292 g/mol. The Morgan fingerprint density at radius 3 is 2.65 bits per heavy atom. The second kappa shape index (κ2) is 5.58. The molecule has 4 nitrogen and oxygen atoms in total. The number of nitrogen functional groups attached to an aromatic ring is 1. The fraction of sp³-hybridized carbons (Fsp3) is 0.571. The molecule has 1 aliphatic rings. The van der Waals surface area contributed by atoms with E-state index in [0.29, 0.717) is 18.8 Å². The molecule has 2 rings (SSSR count). The van der Waals surface area contributed by atoms with E-state index in [9.17, 15) is 8.42 Å². The van der Waals surface area contributed by atoms with Gasteiger partial charge in [0, 0.05) is 23.6 Å². The second-order valence-corrected chi connectivity index (χ2v) is 9.51. The van der Waals surface area contributed by atoms with Gasteiger partial charge in [0.1, 0.15) is 4.90 Å². The molecule has 0 radical (unpaired) electrons. The van der Waals surface area contributed by atoms with E-state index in [0.717, 1.165) is 17.7 Å². The van der Waals surface area contributed by atoms with Gasteiger partial charge in [0.25, 0.3) is 0 Å². The zero-order valence-corrected chi connectivity index (χ0v) is 13.9. The first-order valence-corrected chi connectivity index (χ1v) is 9.15. The Balaban J connectivity index is 2.30. The number of benzene rings is 1. The quantitative estimate of drug-likeness (QED) is 0.852. The van der Waals surface area contributed by atoms with Crippen molar-refractivity contribution >= 4 is 27.5 Å². The molecule has 6 heteroatoms. The SMILES string of the molecule is Cc1ccc(S(=O)(=O)N2CCSC(C)(C)CC2)c(N)c1. The molecule has 0 saturated carbocycles. The van der Waals surface area contributed by atoms with Crippen molar-refractivity contribution in [3.63, 3.8) is 0 Å². The molecule has 20 heavy (non-hydrogen) atoms. The number of hydrogen-bond acceptors (Lipinski definition) is 4. The Morgan fingerprint density at radius 1 is 1.30 bits per heavy atom. The molecule has 2 N–H and O–H groups in total. The highest BCUT2D eigenvalue weighted by Gasteiger charge is 2.31. The van der Waals surface area contributed by atoms with Gasteiger partial charge in [0.2, 0.25) is 10.0 Å². The minimum atomic E-state index is -3.49. The Morgan fingerprint density at radius 2 is 2.00 bits per heavy atom. The summed E-state index contributed by atoms with van der Waals surface area (Å²) in [6, 6.07) is 5.12. The van der Waals surface area contributed by atoms with Crippen molar-refractivity contribution in [2.24, 2.45) is 0 Å². The van der Waals surface area contributed by atoms with Crippen LogP contribution in [0.4, 0.5) is 5.69 Å². The van der Waals surface area contributed by atoms with Crippen molar-refractivity contribution in [2.75, 3.05) is 24.6 Å². The zero-order valence-electron chi connectivity index (χ0n) is 12.2. The predicted molar refractivity (Wildman–Crippen MR) is 85.5 cm³/mol. The molecule has 0 bridgehead atoms. The van der Waals surface area contributed by atoms with Crippen LogP contribution in [0.15, 0.2) is 23.1 Å². The van der Waals surface area contributed by atoms with Crippen LogP contribution < -0.4 is 5.73 Å². The van der Waals surface area contributed by atoms with Crippen LogP contribution in [0, 0.1) is 6.92 Å². The smallest absolute Gasteiger partial charge is 0.245 e. The maximum Gasteiger partial charge on any atom is 0.245 e. The van der Waals surface area contributed by atoms with Crippen molar-refractivity contribution in [3.8, 4) is 0 Å². The highest BCUT2D eigenvalue weighted by Crippen LogP contribution is 2.33. The molecule has 1 aromatic carbocycles. The third-order valence-electron chi connectivity index (χ3n) is 3.58. The molecule has 1 saturated heterocycles. The average Bonchev–Trinajstić information content (AvgIpc) is 2.50. The lowest BCUT2D eigenvalue weighted by Crippen LogP contribution is -2.34. The number of thioether (sulfide) groups is 1. The van der Waals surface area contributed by atoms with E-state index >= 15 is 0 Å². The van der Waals surface area contributed by atoms with Crippen molar-refractivity contribution in [2.45, 2.75) is 36.8 Å². The van der Waals surface area contributed by atoms with Crippen molar-refractivity contribution in [3.05, 3.63) is 23.8 Å². The van der Waals surface area contributed by atoms with Gasteiger partial charge in [0.15, 0.2) is 0 Å². The van der Waals surface area contributed by atoms with Crippen molar-refractivity contribution < 1.29 is 8.42 Å². The molecule has 0 aliphatic carbocycles. The number of nitrogens with two attached hydrogens (primary N) is 1. The van der Waals surface area contributed by atoms with E-state index in [1.807, 2.05) is 18.7 Å². The first-order chi connectivity index (χ1) is 9.22. The molecule has 1 fully saturated rings. The Labute approximate surface area is 125 Å². The number of hydrogen-bond donors (Lipinski definition) is 1. The Bertz CT molecular complexity index is 597. The van der Waals surface area contributed by atoms with Gasteiger partial charge in [-0.2, -0.15) is 16.1 Å². The molecule has 0 atom stereocenters. The lowest BCUT2D eigenvalue weighted by molar-refractivity contribution is 0.415. The Hall–Kier alpha value is -0.720. The number of rotatable bonds is 2. The van der Waals surface area contributed by atoms with Gasteiger partial charge in [-0.25, -0.2) is 8.42 Å². The van der Waals surface area contributed by atoms with Gasteiger partial charge < -0.3 is 5.73 Å². The van der Waals surface area contributed by atoms with E-state index in [1.54, 1.807) is 22.5 Å². The maximum absolute atomic E-state index is 12.7. The first kappa shape index (κ1) is 15.7. The van der Waals surface area contributed by atoms with E-state index in [2.05, 4.69) is 13.8 Å². The summed E-state index contributed by atoms with van der Waals surface area (Å²) in [5, 5.41) is 0. The first-order valence-electron chi connectivity index (χ1n) is 6.73. The molecule has 0 amide bonds. The minimum Gasteiger partial charge on any atom is -0.398 e. The van der Waals surface area contributed by atoms with Crippen LogP contribution in [0.1, 0.15) is 25.8 Å². The molecule has 1 aliphatic heterocycles. The van der Waals surface area contributed by atoms with Gasteiger partial charge in [-0.1, -0.05) is 19.9 Å². The lowest BCUT2D eigenvalue weighted by Gasteiger charge is -2.23. The molecule has 0 aromatic heterocycles. The summed E-state index contributed by atoms with van der Waals surface area (Å²) >= 11 is 1.83. The third kappa shape index (κ3) is 3.30. The number of anilines is 1. The summed E-state index contributed by atoms with van der Waals surface area (Å²) in [6.45, 7) is 7.32. The van der Waals surface area contributed by atoms with E-state index < -0.39 is 10.0 Å². The summed E-state index contributed by atoms with van der Waals surface area (Å²) in [4.78, 5) is 0.229. The van der Waals surface area contributed by atoms with Crippen molar-refractivity contribution in [1.82, 2.24) is 4.31 Å². The molecule has 112 valence electrons. The van der Waals surface area contributed by atoms with Crippen LogP contribution in [0.25, 0.3) is 0 Å². The maximum atomic E-state index is 12.7. The number of nitrogens with zero attached hydrogens (tertiary/aromatic N) is 1. The third-order valence-corrected chi connectivity index (χ3v) is 6.92. The van der Waals surface area contributed by atoms with E-state index in [-0.39, 0.29) is 9.64 Å². The second-order valence-electron chi connectivity index (χ2n) is 5.80.